The van der Waals surface area contributed by atoms with E-state index in [4.69, 9.17) is 5.11 Å². The van der Waals surface area contributed by atoms with E-state index >= 15 is 0 Å². The molecule has 2 N–H and O–H groups in total. The molecule has 1 rings (SSSR count). The molecule has 0 heterocycles. The summed E-state index contributed by atoms with van der Waals surface area (Å²) in [5, 5.41) is 12.3. The van der Waals surface area contributed by atoms with E-state index in [9.17, 15) is 4.79 Å². The molecular weight excluding hydrogens is 190 g/mol. The monoisotopic (exact) mass is 207 g/mol. The number of aliphatic hydroxyl groups is 1. The van der Waals surface area contributed by atoms with Crippen molar-refractivity contribution in [1.82, 2.24) is 0 Å². The summed E-state index contributed by atoms with van der Waals surface area (Å²) >= 11 is 0. The van der Waals surface area contributed by atoms with Crippen LogP contribution in [0, 0.1) is 0 Å². The fourth-order valence-corrected chi connectivity index (χ4v) is 1.25. The molecule has 0 spiro atoms. The lowest BCUT2D eigenvalue weighted by atomic mass is 10.1. The molecule has 0 aliphatic carbocycles. The maximum Gasteiger partial charge on any atom is 0.159 e. The number of rotatable bonds is 4. The third-order valence-electron chi connectivity index (χ3n) is 2.15. The first-order valence-corrected chi connectivity index (χ1v) is 4.95. The smallest absolute Gasteiger partial charge is 0.159 e. The molecule has 0 atom stereocenters. The van der Waals surface area contributed by atoms with Gasteiger partial charge in [0.15, 0.2) is 5.78 Å². The van der Waals surface area contributed by atoms with Crippen LogP contribution in [0.2, 0.25) is 0 Å². The molecule has 15 heavy (non-hydrogen) atoms. The highest BCUT2D eigenvalue weighted by atomic mass is 16.3. The zero-order chi connectivity index (χ0) is 11.5. The standard InChI is InChI=1S/C12H17NO2/c1-9(15)10-5-4-6-11(7-10)13-12(2,3)8-14/h4-7,13-14H,8H2,1-3H3. The van der Waals surface area contributed by atoms with Gasteiger partial charge in [0.2, 0.25) is 0 Å². The third kappa shape index (κ3) is 3.36. The van der Waals surface area contributed by atoms with Gasteiger partial charge >= 0.3 is 0 Å². The van der Waals surface area contributed by atoms with Crippen molar-refractivity contribution in [3.05, 3.63) is 29.8 Å². The van der Waals surface area contributed by atoms with E-state index in [1.54, 1.807) is 12.1 Å². The highest BCUT2D eigenvalue weighted by Crippen LogP contribution is 2.16. The summed E-state index contributed by atoms with van der Waals surface area (Å²) in [5.74, 6) is 0.0421. The van der Waals surface area contributed by atoms with Gasteiger partial charge in [-0.3, -0.25) is 4.79 Å². The molecule has 0 fully saturated rings. The van der Waals surface area contributed by atoms with Gasteiger partial charge in [0.1, 0.15) is 0 Å². The van der Waals surface area contributed by atoms with Crippen molar-refractivity contribution in [2.75, 3.05) is 11.9 Å². The van der Waals surface area contributed by atoms with Crippen molar-refractivity contribution in [1.29, 1.82) is 0 Å². The number of ketones is 1. The number of hydrogen-bond acceptors (Lipinski definition) is 3. The summed E-state index contributed by atoms with van der Waals surface area (Å²) in [6.45, 7) is 5.37. The van der Waals surface area contributed by atoms with Crippen molar-refractivity contribution >= 4 is 11.5 Å². The first kappa shape index (κ1) is 11.7. The highest BCUT2D eigenvalue weighted by Gasteiger charge is 2.15. The first-order chi connectivity index (χ1) is 6.94. The van der Waals surface area contributed by atoms with E-state index in [1.165, 1.54) is 6.92 Å². The molecular formula is C12H17NO2. The molecule has 0 bridgehead atoms. The number of aliphatic hydroxyl groups excluding tert-OH is 1. The van der Waals surface area contributed by atoms with Gasteiger partial charge < -0.3 is 10.4 Å². The Morgan fingerprint density at radius 2 is 2.13 bits per heavy atom. The fourth-order valence-electron chi connectivity index (χ4n) is 1.25. The third-order valence-corrected chi connectivity index (χ3v) is 2.15. The molecule has 0 radical (unpaired) electrons. The summed E-state index contributed by atoms with van der Waals surface area (Å²) in [4.78, 5) is 11.2. The second kappa shape index (κ2) is 4.45. The molecule has 3 nitrogen and oxygen atoms in total. The largest absolute Gasteiger partial charge is 0.394 e. The van der Waals surface area contributed by atoms with Crippen molar-refractivity contribution in [2.24, 2.45) is 0 Å². The van der Waals surface area contributed by atoms with Crippen LogP contribution < -0.4 is 5.32 Å². The van der Waals surface area contributed by atoms with Crippen LogP contribution in [0.15, 0.2) is 24.3 Å². The molecule has 1 aromatic rings. The minimum Gasteiger partial charge on any atom is -0.394 e. The van der Waals surface area contributed by atoms with Gasteiger partial charge in [-0.15, -0.1) is 0 Å². The van der Waals surface area contributed by atoms with Crippen LogP contribution in [0.1, 0.15) is 31.1 Å². The second-order valence-electron chi connectivity index (χ2n) is 4.30. The van der Waals surface area contributed by atoms with E-state index in [-0.39, 0.29) is 17.9 Å². The lowest BCUT2D eigenvalue weighted by Gasteiger charge is -2.25. The topological polar surface area (TPSA) is 49.3 Å². The quantitative estimate of drug-likeness (QED) is 0.743. The maximum absolute atomic E-state index is 11.2. The predicted octanol–water partition coefficient (Wildman–Crippen LogP) is 2.07. The number of carbonyl (C=O) groups excluding carboxylic acids is 1. The molecule has 0 amide bonds. The molecule has 0 unspecified atom stereocenters. The number of carbonyl (C=O) groups is 1. The minimum absolute atomic E-state index is 0.0390. The van der Waals surface area contributed by atoms with Crippen molar-refractivity contribution in [3.63, 3.8) is 0 Å². The van der Waals surface area contributed by atoms with Gasteiger partial charge in [-0.05, 0) is 32.9 Å². The zero-order valence-corrected chi connectivity index (χ0v) is 9.37. The summed E-state index contributed by atoms with van der Waals surface area (Å²) in [7, 11) is 0. The molecule has 1 aromatic carbocycles. The summed E-state index contributed by atoms with van der Waals surface area (Å²) in [6.07, 6.45) is 0. The summed E-state index contributed by atoms with van der Waals surface area (Å²) in [5.41, 5.74) is 1.14. The number of anilines is 1. The van der Waals surface area contributed by atoms with Crippen LogP contribution in [0.25, 0.3) is 0 Å². The van der Waals surface area contributed by atoms with Crippen molar-refractivity contribution in [2.45, 2.75) is 26.3 Å². The van der Waals surface area contributed by atoms with Gasteiger partial charge in [-0.1, -0.05) is 12.1 Å². The molecule has 0 saturated carbocycles. The van der Waals surface area contributed by atoms with E-state index in [2.05, 4.69) is 5.32 Å². The number of benzene rings is 1. The van der Waals surface area contributed by atoms with Crippen LogP contribution in [-0.4, -0.2) is 23.0 Å². The van der Waals surface area contributed by atoms with Crippen LogP contribution in [0.3, 0.4) is 0 Å². The SMILES string of the molecule is CC(=O)c1cccc(NC(C)(C)CO)c1. The zero-order valence-electron chi connectivity index (χ0n) is 9.37. The molecule has 0 saturated heterocycles. The van der Waals surface area contributed by atoms with Crippen molar-refractivity contribution < 1.29 is 9.90 Å². The Balaban J connectivity index is 2.87. The first-order valence-electron chi connectivity index (χ1n) is 4.95. The van der Waals surface area contributed by atoms with Gasteiger partial charge in [0, 0.05) is 11.3 Å². The lowest BCUT2D eigenvalue weighted by molar-refractivity contribution is 0.101. The average molecular weight is 207 g/mol. The Labute approximate surface area is 90.1 Å². The normalized spacial score (nSPS) is 11.2. The molecule has 3 heteroatoms. The summed E-state index contributed by atoms with van der Waals surface area (Å²) in [6, 6.07) is 7.27. The molecule has 0 aliphatic heterocycles. The van der Waals surface area contributed by atoms with Gasteiger partial charge in [0.05, 0.1) is 12.1 Å². The Morgan fingerprint density at radius 3 is 2.67 bits per heavy atom. The average Bonchev–Trinajstić information content (AvgIpc) is 2.17. The van der Waals surface area contributed by atoms with Gasteiger partial charge in [-0.25, -0.2) is 0 Å². The van der Waals surface area contributed by atoms with Crippen LogP contribution in [-0.2, 0) is 0 Å². The Kier molecular flexibility index (Phi) is 3.48. The number of nitrogens with one attached hydrogen (secondary N) is 1. The lowest BCUT2D eigenvalue weighted by Crippen LogP contribution is -2.34. The van der Waals surface area contributed by atoms with Gasteiger partial charge in [0.25, 0.3) is 0 Å². The number of Topliss-reactive ketones (excluding diaryl/α,β-unsaturated/α-hetero) is 1. The molecule has 0 aromatic heterocycles. The van der Waals surface area contributed by atoms with E-state index in [0.717, 1.165) is 5.69 Å². The highest BCUT2D eigenvalue weighted by molar-refractivity contribution is 5.94. The Hall–Kier alpha value is -1.35. The van der Waals surface area contributed by atoms with Crippen LogP contribution >= 0.6 is 0 Å². The fraction of sp³-hybridized carbons (Fsp3) is 0.417. The molecule has 0 aliphatic rings. The Bertz CT molecular complexity index is 358. The van der Waals surface area contributed by atoms with Crippen LogP contribution in [0.5, 0.6) is 0 Å². The van der Waals surface area contributed by atoms with Crippen LogP contribution in [0.4, 0.5) is 5.69 Å². The molecule has 82 valence electrons. The Morgan fingerprint density at radius 1 is 1.47 bits per heavy atom. The van der Waals surface area contributed by atoms with E-state index in [0.29, 0.717) is 5.56 Å². The number of hydrogen-bond donors (Lipinski definition) is 2. The van der Waals surface area contributed by atoms with Gasteiger partial charge in [-0.2, -0.15) is 0 Å². The minimum atomic E-state index is -0.380. The van der Waals surface area contributed by atoms with Crippen molar-refractivity contribution in [3.8, 4) is 0 Å². The maximum atomic E-state index is 11.2. The summed E-state index contributed by atoms with van der Waals surface area (Å²) < 4.78 is 0. The van der Waals surface area contributed by atoms with E-state index < -0.39 is 0 Å². The predicted molar refractivity (Wildman–Crippen MR) is 61.2 cm³/mol. The second-order valence-corrected chi connectivity index (χ2v) is 4.30. The van der Waals surface area contributed by atoms with E-state index in [1.807, 2.05) is 26.0 Å².